The minimum absolute atomic E-state index is 0.0126. The van der Waals surface area contributed by atoms with Gasteiger partial charge >= 0.3 is 0 Å². The van der Waals surface area contributed by atoms with Crippen molar-refractivity contribution in [3.63, 3.8) is 0 Å². The standard InChI is InChI=1S/C20H22Cl2N2O3S/c21-17-7-4-15(5-8-17)10-11-23-20(25)16-6-9-18(22)19(14-16)28(26,27)24-12-2-1-3-13-24/h4-9,14H,1-3,10-13H2,(H,23,25). The average molecular weight is 441 g/mol. The maximum Gasteiger partial charge on any atom is 0.251 e. The maximum absolute atomic E-state index is 12.9. The van der Waals surface area contributed by atoms with E-state index in [1.165, 1.54) is 22.5 Å². The minimum atomic E-state index is -3.71. The summed E-state index contributed by atoms with van der Waals surface area (Å²) >= 11 is 12.0. The molecular weight excluding hydrogens is 419 g/mol. The second-order valence-corrected chi connectivity index (χ2v) is 9.49. The highest BCUT2D eigenvalue weighted by Crippen LogP contribution is 2.27. The highest BCUT2D eigenvalue weighted by Gasteiger charge is 2.28. The Morgan fingerprint density at radius 3 is 2.36 bits per heavy atom. The Labute approximate surface area is 175 Å². The summed E-state index contributed by atoms with van der Waals surface area (Å²) in [6, 6.07) is 11.8. The van der Waals surface area contributed by atoms with Crippen LogP contribution in [0.1, 0.15) is 35.2 Å². The number of hydrogen-bond acceptors (Lipinski definition) is 3. The number of amides is 1. The average Bonchev–Trinajstić information content (AvgIpc) is 2.70. The third kappa shape index (κ3) is 5.06. The molecule has 28 heavy (non-hydrogen) atoms. The van der Waals surface area contributed by atoms with E-state index in [2.05, 4.69) is 5.32 Å². The molecule has 0 spiro atoms. The number of halogens is 2. The summed E-state index contributed by atoms with van der Waals surface area (Å²) in [5.41, 5.74) is 1.32. The van der Waals surface area contributed by atoms with Crippen molar-refractivity contribution in [3.05, 3.63) is 63.6 Å². The van der Waals surface area contributed by atoms with Gasteiger partial charge in [0.1, 0.15) is 4.90 Å². The first-order valence-corrected chi connectivity index (χ1v) is 11.4. The molecule has 1 fully saturated rings. The highest BCUT2D eigenvalue weighted by molar-refractivity contribution is 7.89. The van der Waals surface area contributed by atoms with Crippen LogP contribution in [0.3, 0.4) is 0 Å². The largest absolute Gasteiger partial charge is 0.352 e. The fourth-order valence-corrected chi connectivity index (χ4v) is 5.30. The van der Waals surface area contributed by atoms with Crippen LogP contribution in [0.15, 0.2) is 47.4 Å². The molecule has 1 heterocycles. The predicted octanol–water partition coefficient (Wildman–Crippen LogP) is 4.14. The third-order valence-electron chi connectivity index (χ3n) is 4.74. The maximum atomic E-state index is 12.9. The molecule has 2 aromatic carbocycles. The molecule has 0 unspecified atom stereocenters. The van der Waals surface area contributed by atoms with E-state index in [0.717, 1.165) is 24.8 Å². The van der Waals surface area contributed by atoms with E-state index < -0.39 is 10.0 Å². The molecule has 1 aliphatic rings. The van der Waals surface area contributed by atoms with Crippen molar-refractivity contribution in [2.24, 2.45) is 0 Å². The molecule has 3 rings (SSSR count). The molecule has 0 aliphatic carbocycles. The first-order valence-electron chi connectivity index (χ1n) is 9.20. The summed E-state index contributed by atoms with van der Waals surface area (Å²) in [4.78, 5) is 12.5. The van der Waals surface area contributed by atoms with Crippen molar-refractivity contribution >= 4 is 39.1 Å². The van der Waals surface area contributed by atoms with Crippen molar-refractivity contribution in [2.45, 2.75) is 30.6 Å². The molecule has 0 saturated carbocycles. The fraction of sp³-hybridized carbons (Fsp3) is 0.350. The van der Waals surface area contributed by atoms with Crippen molar-refractivity contribution in [1.29, 1.82) is 0 Å². The van der Waals surface area contributed by atoms with Crippen LogP contribution in [0.4, 0.5) is 0 Å². The van der Waals surface area contributed by atoms with Gasteiger partial charge in [-0.05, 0) is 55.2 Å². The van der Waals surface area contributed by atoms with Crippen LogP contribution in [0.2, 0.25) is 10.0 Å². The molecule has 8 heteroatoms. The van der Waals surface area contributed by atoms with Crippen molar-refractivity contribution in [2.75, 3.05) is 19.6 Å². The van der Waals surface area contributed by atoms with Crippen LogP contribution in [0.25, 0.3) is 0 Å². The number of hydrogen-bond donors (Lipinski definition) is 1. The summed E-state index contributed by atoms with van der Waals surface area (Å²) in [5, 5.41) is 3.61. The Kier molecular flexibility index (Phi) is 6.99. The van der Waals surface area contributed by atoms with Gasteiger partial charge in [-0.25, -0.2) is 8.42 Å². The van der Waals surface area contributed by atoms with Gasteiger partial charge in [0.15, 0.2) is 0 Å². The van der Waals surface area contributed by atoms with E-state index >= 15 is 0 Å². The van der Waals surface area contributed by atoms with E-state index in [0.29, 0.717) is 31.1 Å². The monoisotopic (exact) mass is 440 g/mol. The van der Waals surface area contributed by atoms with E-state index in [1.54, 1.807) is 12.1 Å². The third-order valence-corrected chi connectivity index (χ3v) is 7.37. The lowest BCUT2D eigenvalue weighted by atomic mass is 10.1. The van der Waals surface area contributed by atoms with Gasteiger partial charge in [-0.15, -0.1) is 0 Å². The van der Waals surface area contributed by atoms with Gasteiger partial charge in [0.25, 0.3) is 5.91 Å². The summed E-state index contributed by atoms with van der Waals surface area (Å²) in [6.45, 7) is 1.39. The zero-order chi connectivity index (χ0) is 20.1. The normalized spacial score (nSPS) is 15.4. The van der Waals surface area contributed by atoms with E-state index in [-0.39, 0.29) is 21.4 Å². The van der Waals surface area contributed by atoms with Gasteiger partial charge < -0.3 is 5.32 Å². The molecule has 2 aromatic rings. The zero-order valence-electron chi connectivity index (χ0n) is 15.3. The smallest absolute Gasteiger partial charge is 0.251 e. The summed E-state index contributed by atoms with van der Waals surface area (Å²) in [6.07, 6.45) is 3.34. The van der Waals surface area contributed by atoms with Crippen molar-refractivity contribution < 1.29 is 13.2 Å². The quantitative estimate of drug-likeness (QED) is 0.733. The van der Waals surface area contributed by atoms with Crippen LogP contribution >= 0.6 is 23.2 Å². The molecule has 1 N–H and O–H groups in total. The molecule has 150 valence electrons. The molecule has 1 amide bonds. The molecule has 5 nitrogen and oxygen atoms in total. The number of benzene rings is 2. The number of carbonyl (C=O) groups excluding carboxylic acids is 1. The lowest BCUT2D eigenvalue weighted by Crippen LogP contribution is -2.36. The Balaban J connectivity index is 1.69. The molecule has 0 atom stereocenters. The van der Waals surface area contributed by atoms with Gasteiger partial charge in [-0.2, -0.15) is 4.31 Å². The summed E-state index contributed by atoms with van der Waals surface area (Å²) in [5.74, 6) is -0.333. The summed E-state index contributed by atoms with van der Waals surface area (Å²) < 4.78 is 27.3. The van der Waals surface area contributed by atoms with Crippen LogP contribution < -0.4 is 5.32 Å². The van der Waals surface area contributed by atoms with Crippen LogP contribution in [0, 0.1) is 0 Å². The molecule has 1 saturated heterocycles. The van der Waals surface area contributed by atoms with Crippen LogP contribution in [0.5, 0.6) is 0 Å². The van der Waals surface area contributed by atoms with Gasteiger partial charge in [0.05, 0.1) is 5.02 Å². The van der Waals surface area contributed by atoms with Crippen LogP contribution in [-0.4, -0.2) is 38.3 Å². The summed E-state index contributed by atoms with van der Waals surface area (Å²) in [7, 11) is -3.71. The SMILES string of the molecule is O=C(NCCc1ccc(Cl)cc1)c1ccc(Cl)c(S(=O)(=O)N2CCCCC2)c1. The minimum Gasteiger partial charge on any atom is -0.352 e. The lowest BCUT2D eigenvalue weighted by molar-refractivity contribution is 0.0954. The molecule has 0 radical (unpaired) electrons. The van der Waals surface area contributed by atoms with E-state index in [4.69, 9.17) is 23.2 Å². The number of carbonyl (C=O) groups is 1. The second-order valence-electron chi connectivity index (χ2n) is 6.74. The van der Waals surface area contributed by atoms with Crippen molar-refractivity contribution in [1.82, 2.24) is 9.62 Å². The Hall–Kier alpha value is -1.60. The second kappa shape index (κ2) is 9.27. The number of sulfonamides is 1. The fourth-order valence-electron chi connectivity index (χ4n) is 3.16. The highest BCUT2D eigenvalue weighted by atomic mass is 35.5. The molecule has 1 aliphatic heterocycles. The van der Waals surface area contributed by atoms with Crippen LogP contribution in [-0.2, 0) is 16.4 Å². The first-order chi connectivity index (χ1) is 13.4. The molecule has 0 aromatic heterocycles. The number of piperidine rings is 1. The topological polar surface area (TPSA) is 66.5 Å². The van der Waals surface area contributed by atoms with Crippen molar-refractivity contribution in [3.8, 4) is 0 Å². The zero-order valence-corrected chi connectivity index (χ0v) is 17.7. The first kappa shape index (κ1) is 21.1. The molecule has 0 bridgehead atoms. The molecular formula is C20H22Cl2N2O3S. The van der Waals surface area contributed by atoms with Gasteiger partial charge in [-0.3, -0.25) is 4.79 Å². The number of rotatable bonds is 6. The Morgan fingerprint density at radius 2 is 1.68 bits per heavy atom. The van der Waals surface area contributed by atoms with E-state index in [1.807, 2.05) is 12.1 Å². The van der Waals surface area contributed by atoms with Gasteiger partial charge in [0, 0.05) is 30.2 Å². The Bertz CT molecular complexity index is 940. The Morgan fingerprint density at radius 1 is 1.00 bits per heavy atom. The lowest BCUT2D eigenvalue weighted by Gasteiger charge is -2.26. The van der Waals surface area contributed by atoms with E-state index in [9.17, 15) is 13.2 Å². The number of nitrogens with one attached hydrogen (secondary N) is 1. The van der Waals surface area contributed by atoms with Gasteiger partial charge in [-0.1, -0.05) is 41.8 Å². The predicted molar refractivity (Wildman–Crippen MR) is 112 cm³/mol. The van der Waals surface area contributed by atoms with Gasteiger partial charge in [0.2, 0.25) is 10.0 Å². The number of nitrogens with zero attached hydrogens (tertiary/aromatic N) is 1.